The van der Waals surface area contributed by atoms with Gasteiger partial charge in [0.15, 0.2) is 5.78 Å². The molecule has 0 spiro atoms. The number of ketones is 2. The Hall–Kier alpha value is -2.28. The van der Waals surface area contributed by atoms with Crippen molar-refractivity contribution >= 4 is 11.6 Å². The first kappa shape index (κ1) is 14.6. The van der Waals surface area contributed by atoms with Crippen LogP contribution in [0.15, 0.2) is 53.8 Å². The van der Waals surface area contributed by atoms with Gasteiger partial charge in [0.05, 0.1) is 25.0 Å². The summed E-state index contributed by atoms with van der Waals surface area (Å²) in [7, 11) is 0. The Morgan fingerprint density at radius 3 is 2.73 bits per heavy atom. The zero-order valence-electron chi connectivity index (χ0n) is 11.7. The van der Waals surface area contributed by atoms with E-state index in [2.05, 4.69) is 5.32 Å². The van der Waals surface area contributed by atoms with Crippen LogP contribution in [0.25, 0.3) is 0 Å². The topological polar surface area (TPSA) is 95.9 Å². The van der Waals surface area contributed by atoms with E-state index in [1.54, 1.807) is 30.3 Å². The molecule has 2 atom stereocenters. The van der Waals surface area contributed by atoms with Crippen molar-refractivity contribution < 1.29 is 24.5 Å². The molecule has 6 heteroatoms. The minimum absolute atomic E-state index is 0.0147. The normalized spacial score (nSPS) is 27.4. The van der Waals surface area contributed by atoms with Gasteiger partial charge in [-0.15, -0.1) is 0 Å². The van der Waals surface area contributed by atoms with Gasteiger partial charge >= 0.3 is 0 Å². The average molecular weight is 301 g/mol. The largest absolute Gasteiger partial charge is 0.394 e. The minimum Gasteiger partial charge on any atom is -0.394 e. The molecular weight excluding hydrogens is 286 g/mol. The van der Waals surface area contributed by atoms with Crippen LogP contribution in [0.1, 0.15) is 10.4 Å². The van der Waals surface area contributed by atoms with Gasteiger partial charge in [0, 0.05) is 11.1 Å². The lowest BCUT2D eigenvalue weighted by atomic mass is 9.89. The predicted octanol–water partition coefficient (Wildman–Crippen LogP) is -0.0684. The number of hydrogen-bond acceptors (Lipinski definition) is 6. The fourth-order valence-electron chi connectivity index (χ4n) is 2.48. The summed E-state index contributed by atoms with van der Waals surface area (Å²) in [5.74, 6) is -3.19. The van der Waals surface area contributed by atoms with E-state index in [0.29, 0.717) is 5.56 Å². The standard InChI is InChI=1S/C16H15NO5/c18-8-11-9-22-16(21)13(19)7-6-12(15(16)17-11)14(20)10-4-2-1-3-5-10/h1-7,11,17-18,21H,8-9H2. The third-order valence-electron chi connectivity index (χ3n) is 3.69. The summed E-state index contributed by atoms with van der Waals surface area (Å²) in [5, 5.41) is 22.5. The Balaban J connectivity index is 2.07. The number of benzene rings is 1. The first-order valence-corrected chi connectivity index (χ1v) is 6.87. The zero-order chi connectivity index (χ0) is 15.7. The van der Waals surface area contributed by atoms with Crippen LogP contribution in [0.4, 0.5) is 0 Å². The van der Waals surface area contributed by atoms with Crippen molar-refractivity contribution in [3.8, 4) is 0 Å². The molecule has 0 aromatic heterocycles. The fourth-order valence-corrected chi connectivity index (χ4v) is 2.48. The highest BCUT2D eigenvalue weighted by Crippen LogP contribution is 2.31. The monoisotopic (exact) mass is 301 g/mol. The number of rotatable bonds is 3. The minimum atomic E-state index is -2.19. The summed E-state index contributed by atoms with van der Waals surface area (Å²) in [6, 6.07) is 8.04. The van der Waals surface area contributed by atoms with Gasteiger partial charge in [-0.25, -0.2) is 0 Å². The summed E-state index contributed by atoms with van der Waals surface area (Å²) in [6.45, 7) is -0.285. The lowest BCUT2D eigenvalue weighted by Gasteiger charge is -2.39. The second-order valence-electron chi connectivity index (χ2n) is 5.16. The lowest BCUT2D eigenvalue weighted by molar-refractivity contribution is -0.200. The van der Waals surface area contributed by atoms with Crippen LogP contribution in [0.5, 0.6) is 0 Å². The van der Waals surface area contributed by atoms with Crippen LogP contribution < -0.4 is 5.32 Å². The highest BCUT2D eigenvalue weighted by atomic mass is 16.6. The molecule has 2 aliphatic rings. The Bertz CT molecular complexity index is 679. The van der Waals surface area contributed by atoms with Gasteiger partial charge in [-0.2, -0.15) is 0 Å². The molecule has 0 bridgehead atoms. The quantitative estimate of drug-likeness (QED) is 0.677. The smallest absolute Gasteiger partial charge is 0.273 e. The van der Waals surface area contributed by atoms with Crippen molar-refractivity contribution in [3.63, 3.8) is 0 Å². The Labute approximate surface area is 126 Å². The molecule has 3 rings (SSSR count). The van der Waals surface area contributed by atoms with Crippen LogP contribution in [0.3, 0.4) is 0 Å². The van der Waals surface area contributed by atoms with Crippen molar-refractivity contribution in [3.05, 3.63) is 59.3 Å². The Morgan fingerprint density at radius 2 is 2.05 bits per heavy atom. The van der Waals surface area contributed by atoms with Gasteiger partial charge in [0.1, 0.15) is 0 Å². The van der Waals surface area contributed by atoms with E-state index in [-0.39, 0.29) is 30.3 Å². The molecule has 1 aliphatic heterocycles. The van der Waals surface area contributed by atoms with Gasteiger partial charge < -0.3 is 20.3 Å². The van der Waals surface area contributed by atoms with Crippen molar-refractivity contribution in [2.24, 2.45) is 0 Å². The molecule has 0 radical (unpaired) electrons. The maximum atomic E-state index is 12.6. The highest BCUT2D eigenvalue weighted by Gasteiger charge is 2.48. The van der Waals surface area contributed by atoms with Crippen molar-refractivity contribution in [2.45, 2.75) is 11.8 Å². The number of nitrogens with one attached hydrogen (secondary N) is 1. The van der Waals surface area contributed by atoms with Gasteiger partial charge in [-0.05, 0) is 12.2 Å². The second kappa shape index (κ2) is 5.49. The van der Waals surface area contributed by atoms with Gasteiger partial charge in [-0.1, -0.05) is 30.3 Å². The Kier molecular flexibility index (Phi) is 3.66. The molecule has 1 aromatic rings. The first-order valence-electron chi connectivity index (χ1n) is 6.87. The van der Waals surface area contributed by atoms with Crippen LogP contribution in [-0.4, -0.2) is 46.8 Å². The molecule has 1 aliphatic carbocycles. The number of hydrogen-bond donors (Lipinski definition) is 3. The van der Waals surface area contributed by atoms with Crippen molar-refractivity contribution in [2.75, 3.05) is 13.2 Å². The van der Waals surface area contributed by atoms with Crippen molar-refractivity contribution in [1.82, 2.24) is 5.32 Å². The Morgan fingerprint density at radius 1 is 1.32 bits per heavy atom. The number of Topliss-reactive ketones (excluding diaryl/α,β-unsaturated/α-hetero) is 1. The molecule has 114 valence electrons. The van der Waals surface area contributed by atoms with Gasteiger partial charge in [0.25, 0.3) is 5.79 Å². The summed E-state index contributed by atoms with van der Waals surface area (Å²) in [5.41, 5.74) is 0.560. The summed E-state index contributed by atoms with van der Waals surface area (Å²) >= 11 is 0. The summed E-state index contributed by atoms with van der Waals surface area (Å²) < 4.78 is 5.22. The maximum absolute atomic E-state index is 12.6. The van der Waals surface area contributed by atoms with Crippen LogP contribution in [-0.2, 0) is 9.53 Å². The van der Waals surface area contributed by atoms with E-state index in [9.17, 15) is 19.8 Å². The molecule has 6 nitrogen and oxygen atoms in total. The number of carbonyl (C=O) groups excluding carboxylic acids is 2. The van der Waals surface area contributed by atoms with Gasteiger partial charge in [-0.3, -0.25) is 9.59 Å². The first-order chi connectivity index (χ1) is 10.6. The average Bonchev–Trinajstić information content (AvgIpc) is 2.56. The van der Waals surface area contributed by atoms with E-state index in [4.69, 9.17) is 4.74 Å². The van der Waals surface area contributed by atoms with E-state index in [1.165, 1.54) is 6.08 Å². The summed E-state index contributed by atoms with van der Waals surface area (Å²) in [4.78, 5) is 24.5. The summed E-state index contributed by atoms with van der Waals surface area (Å²) in [6.07, 6.45) is 2.48. The molecule has 22 heavy (non-hydrogen) atoms. The van der Waals surface area contributed by atoms with E-state index >= 15 is 0 Å². The maximum Gasteiger partial charge on any atom is 0.273 e. The molecule has 0 saturated carbocycles. The predicted molar refractivity (Wildman–Crippen MR) is 76.9 cm³/mol. The third-order valence-corrected chi connectivity index (χ3v) is 3.69. The van der Waals surface area contributed by atoms with Crippen LogP contribution in [0, 0.1) is 0 Å². The number of aliphatic hydroxyl groups is 2. The third kappa shape index (κ3) is 2.27. The number of morpholine rings is 1. The van der Waals surface area contributed by atoms with Crippen LogP contribution >= 0.6 is 0 Å². The molecule has 1 heterocycles. The zero-order valence-corrected chi connectivity index (χ0v) is 11.7. The lowest BCUT2D eigenvalue weighted by Crippen LogP contribution is -2.59. The highest BCUT2D eigenvalue weighted by molar-refractivity contribution is 6.14. The number of ether oxygens (including phenoxy) is 1. The second-order valence-corrected chi connectivity index (χ2v) is 5.16. The SMILES string of the molecule is O=C(C1=C2NC(CO)COC2(O)C(=O)C=C1)c1ccccc1. The molecule has 1 fully saturated rings. The van der Waals surface area contributed by atoms with Crippen molar-refractivity contribution in [1.29, 1.82) is 0 Å². The van der Waals surface area contributed by atoms with E-state index in [0.717, 1.165) is 6.08 Å². The molecule has 1 aromatic carbocycles. The molecule has 3 N–H and O–H groups in total. The number of allylic oxidation sites excluding steroid dienone is 2. The van der Waals surface area contributed by atoms with Gasteiger partial charge in [0.2, 0.25) is 5.78 Å². The number of carbonyl (C=O) groups is 2. The molecule has 0 amide bonds. The molecular formula is C16H15NO5. The van der Waals surface area contributed by atoms with E-state index < -0.39 is 17.6 Å². The molecule has 2 unspecified atom stereocenters. The fraction of sp³-hybridized carbons (Fsp3) is 0.250. The number of aliphatic hydroxyl groups excluding tert-OH is 1. The van der Waals surface area contributed by atoms with Crippen LogP contribution in [0.2, 0.25) is 0 Å². The van der Waals surface area contributed by atoms with E-state index in [1.807, 2.05) is 0 Å². The number of fused-ring (bicyclic) bond motifs is 1. The molecule has 1 saturated heterocycles.